The predicted molar refractivity (Wildman–Crippen MR) is 72.5 cm³/mol. The quantitative estimate of drug-likeness (QED) is 0.908. The second kappa shape index (κ2) is 4.63. The SMILES string of the molecule is C[C@H]1COCCN1S(=O)(=O)c1c[nH]c2ccccc12. The number of sulfonamides is 1. The van der Waals surface area contributed by atoms with E-state index in [1.807, 2.05) is 31.2 Å². The summed E-state index contributed by atoms with van der Waals surface area (Å²) in [4.78, 5) is 3.36. The number of benzene rings is 1. The van der Waals surface area contributed by atoms with Crippen LogP contribution in [0.2, 0.25) is 0 Å². The Labute approximate surface area is 112 Å². The number of nitrogens with zero attached hydrogens (tertiary/aromatic N) is 1. The molecule has 0 aliphatic carbocycles. The van der Waals surface area contributed by atoms with Gasteiger partial charge in [-0.05, 0) is 13.0 Å². The molecule has 0 unspecified atom stereocenters. The summed E-state index contributed by atoms with van der Waals surface area (Å²) in [7, 11) is -3.47. The minimum atomic E-state index is -3.47. The van der Waals surface area contributed by atoms with Crippen molar-refractivity contribution in [2.24, 2.45) is 0 Å². The van der Waals surface area contributed by atoms with Crippen LogP contribution in [-0.2, 0) is 14.8 Å². The van der Waals surface area contributed by atoms with Gasteiger partial charge in [0.05, 0.1) is 13.2 Å². The molecule has 1 N–H and O–H groups in total. The molecule has 6 heteroatoms. The average molecular weight is 280 g/mol. The first kappa shape index (κ1) is 12.7. The number of fused-ring (bicyclic) bond motifs is 1. The van der Waals surface area contributed by atoms with Crippen LogP contribution in [0.5, 0.6) is 0 Å². The number of hydrogen-bond donors (Lipinski definition) is 1. The number of aromatic nitrogens is 1. The van der Waals surface area contributed by atoms with Gasteiger partial charge in [0.15, 0.2) is 0 Å². The molecule has 19 heavy (non-hydrogen) atoms. The van der Waals surface area contributed by atoms with Crippen molar-refractivity contribution in [2.75, 3.05) is 19.8 Å². The third-order valence-corrected chi connectivity index (χ3v) is 5.50. The molecule has 1 aromatic carbocycles. The first-order chi connectivity index (χ1) is 9.10. The highest BCUT2D eigenvalue weighted by Gasteiger charge is 2.33. The highest BCUT2D eigenvalue weighted by atomic mass is 32.2. The van der Waals surface area contributed by atoms with Gasteiger partial charge >= 0.3 is 0 Å². The third kappa shape index (κ3) is 2.05. The van der Waals surface area contributed by atoms with Crippen molar-refractivity contribution < 1.29 is 13.2 Å². The van der Waals surface area contributed by atoms with E-state index in [-0.39, 0.29) is 6.04 Å². The van der Waals surface area contributed by atoms with Gasteiger partial charge in [-0.2, -0.15) is 4.31 Å². The Morgan fingerprint density at radius 1 is 1.37 bits per heavy atom. The van der Waals surface area contributed by atoms with Crippen LogP contribution in [-0.4, -0.2) is 43.5 Å². The Hall–Kier alpha value is -1.37. The molecule has 1 aliphatic heterocycles. The molecule has 0 bridgehead atoms. The van der Waals surface area contributed by atoms with Gasteiger partial charge in [0, 0.05) is 29.7 Å². The molecular weight excluding hydrogens is 264 g/mol. The topological polar surface area (TPSA) is 62.4 Å². The lowest BCUT2D eigenvalue weighted by atomic mass is 10.2. The highest BCUT2D eigenvalue weighted by Crippen LogP contribution is 2.27. The van der Waals surface area contributed by atoms with E-state index in [0.29, 0.717) is 24.7 Å². The summed E-state index contributed by atoms with van der Waals surface area (Å²) in [5.74, 6) is 0. The molecule has 102 valence electrons. The molecule has 0 amide bonds. The van der Waals surface area contributed by atoms with E-state index in [9.17, 15) is 8.42 Å². The fourth-order valence-electron chi connectivity index (χ4n) is 2.45. The van der Waals surface area contributed by atoms with Crippen LogP contribution < -0.4 is 0 Å². The molecule has 2 heterocycles. The van der Waals surface area contributed by atoms with Crippen LogP contribution in [0.3, 0.4) is 0 Å². The number of rotatable bonds is 2. The van der Waals surface area contributed by atoms with Crippen molar-refractivity contribution in [3.8, 4) is 0 Å². The van der Waals surface area contributed by atoms with Crippen LogP contribution in [0, 0.1) is 0 Å². The smallest absolute Gasteiger partial charge is 0.245 e. The molecule has 0 spiro atoms. The fraction of sp³-hybridized carbons (Fsp3) is 0.385. The monoisotopic (exact) mass is 280 g/mol. The van der Waals surface area contributed by atoms with Crippen LogP contribution in [0.1, 0.15) is 6.92 Å². The van der Waals surface area contributed by atoms with E-state index in [0.717, 1.165) is 10.9 Å². The van der Waals surface area contributed by atoms with Gasteiger partial charge in [0.2, 0.25) is 10.0 Å². The summed E-state index contributed by atoms with van der Waals surface area (Å²) in [6.07, 6.45) is 1.57. The van der Waals surface area contributed by atoms with Crippen molar-refractivity contribution in [2.45, 2.75) is 17.9 Å². The zero-order chi connectivity index (χ0) is 13.5. The first-order valence-electron chi connectivity index (χ1n) is 6.26. The molecule has 1 saturated heterocycles. The molecule has 0 radical (unpaired) electrons. The van der Waals surface area contributed by atoms with Crippen molar-refractivity contribution in [3.05, 3.63) is 30.5 Å². The summed E-state index contributed by atoms with van der Waals surface area (Å²) < 4.78 is 32.3. The standard InChI is InChI=1S/C13H16N2O3S/c1-10-9-18-7-6-15(10)19(16,17)13-8-14-12-5-3-2-4-11(12)13/h2-5,8,10,14H,6-7,9H2,1H3/t10-/m0/s1. The Bertz CT molecular complexity index is 693. The number of nitrogens with one attached hydrogen (secondary N) is 1. The lowest BCUT2D eigenvalue weighted by Crippen LogP contribution is -2.46. The minimum absolute atomic E-state index is 0.132. The number of H-pyrrole nitrogens is 1. The van der Waals surface area contributed by atoms with E-state index >= 15 is 0 Å². The molecule has 1 aromatic heterocycles. The number of morpholine rings is 1. The van der Waals surface area contributed by atoms with Crippen LogP contribution in [0.15, 0.2) is 35.4 Å². The molecule has 1 aliphatic rings. The fourth-order valence-corrected chi connectivity index (χ4v) is 4.22. The largest absolute Gasteiger partial charge is 0.378 e. The summed E-state index contributed by atoms with van der Waals surface area (Å²) in [6, 6.07) is 7.29. The number of hydrogen-bond acceptors (Lipinski definition) is 3. The van der Waals surface area contributed by atoms with Crippen molar-refractivity contribution in [3.63, 3.8) is 0 Å². The van der Waals surface area contributed by atoms with Crippen molar-refractivity contribution in [1.29, 1.82) is 0 Å². The van der Waals surface area contributed by atoms with Crippen LogP contribution in [0.25, 0.3) is 10.9 Å². The summed E-state index contributed by atoms with van der Waals surface area (Å²) in [5.41, 5.74) is 0.835. The Balaban J connectivity index is 2.09. The summed E-state index contributed by atoms with van der Waals surface area (Å²) in [5, 5.41) is 0.737. The maximum atomic E-state index is 12.7. The first-order valence-corrected chi connectivity index (χ1v) is 7.70. The van der Waals surface area contributed by atoms with Gasteiger partial charge in [-0.3, -0.25) is 0 Å². The van der Waals surface area contributed by atoms with Gasteiger partial charge in [-0.1, -0.05) is 18.2 Å². The number of para-hydroxylation sites is 1. The lowest BCUT2D eigenvalue weighted by Gasteiger charge is -2.31. The van der Waals surface area contributed by atoms with E-state index < -0.39 is 10.0 Å². The van der Waals surface area contributed by atoms with E-state index in [4.69, 9.17) is 4.74 Å². The Morgan fingerprint density at radius 2 is 2.16 bits per heavy atom. The van der Waals surface area contributed by atoms with Crippen molar-refractivity contribution in [1.82, 2.24) is 9.29 Å². The molecule has 2 aromatic rings. The van der Waals surface area contributed by atoms with Crippen LogP contribution in [0.4, 0.5) is 0 Å². The second-order valence-corrected chi connectivity index (χ2v) is 6.60. The van der Waals surface area contributed by atoms with E-state index in [1.54, 1.807) is 6.20 Å². The molecule has 5 nitrogen and oxygen atoms in total. The normalized spacial score (nSPS) is 21.8. The minimum Gasteiger partial charge on any atom is -0.378 e. The predicted octanol–water partition coefficient (Wildman–Crippen LogP) is 1.58. The average Bonchev–Trinajstić information content (AvgIpc) is 2.83. The molecule has 1 fully saturated rings. The maximum absolute atomic E-state index is 12.7. The zero-order valence-corrected chi connectivity index (χ0v) is 11.5. The second-order valence-electron chi connectivity index (χ2n) is 4.74. The van der Waals surface area contributed by atoms with Gasteiger partial charge < -0.3 is 9.72 Å². The number of ether oxygens (including phenoxy) is 1. The Kier molecular flexibility index (Phi) is 3.08. The van der Waals surface area contributed by atoms with Gasteiger partial charge in [0.1, 0.15) is 4.90 Å². The zero-order valence-electron chi connectivity index (χ0n) is 10.7. The molecule has 3 rings (SSSR count). The highest BCUT2D eigenvalue weighted by molar-refractivity contribution is 7.89. The summed E-state index contributed by atoms with van der Waals surface area (Å²) >= 11 is 0. The van der Waals surface area contributed by atoms with E-state index in [1.165, 1.54) is 4.31 Å². The van der Waals surface area contributed by atoms with Gasteiger partial charge in [-0.15, -0.1) is 0 Å². The van der Waals surface area contributed by atoms with Gasteiger partial charge in [0.25, 0.3) is 0 Å². The van der Waals surface area contributed by atoms with E-state index in [2.05, 4.69) is 4.98 Å². The van der Waals surface area contributed by atoms with Crippen LogP contribution >= 0.6 is 0 Å². The van der Waals surface area contributed by atoms with Crippen molar-refractivity contribution >= 4 is 20.9 Å². The summed E-state index contributed by atoms with van der Waals surface area (Å²) in [6.45, 7) is 3.17. The molecular formula is C13H16N2O3S. The third-order valence-electron chi connectivity index (χ3n) is 3.44. The molecule has 0 saturated carbocycles. The maximum Gasteiger partial charge on any atom is 0.245 e. The Morgan fingerprint density at radius 3 is 2.95 bits per heavy atom. The van der Waals surface area contributed by atoms with Gasteiger partial charge in [-0.25, -0.2) is 8.42 Å². The molecule has 1 atom stereocenters. The lowest BCUT2D eigenvalue weighted by molar-refractivity contribution is 0.0393. The number of aromatic amines is 1.